The summed E-state index contributed by atoms with van der Waals surface area (Å²) in [6.07, 6.45) is 2.06. The lowest BCUT2D eigenvalue weighted by molar-refractivity contribution is -0.129. The number of hydrogen-bond donors (Lipinski definition) is 4. The first kappa shape index (κ1) is 30.1. The Balaban J connectivity index is 1.47. The van der Waals surface area contributed by atoms with E-state index in [1.807, 2.05) is 12.1 Å². The lowest BCUT2D eigenvalue weighted by atomic mass is 10.1. The number of nitrogens with zero attached hydrogens (tertiary/aromatic N) is 1. The zero-order valence-electron chi connectivity index (χ0n) is 21.8. The number of unbranched alkanes of at least 4 members (excludes halogenated alkanes) is 1. The predicted octanol–water partition coefficient (Wildman–Crippen LogP) is 2.00. The fourth-order valence-electron chi connectivity index (χ4n) is 3.87. The quantitative estimate of drug-likeness (QED) is 0.106. The lowest BCUT2D eigenvalue weighted by Crippen LogP contribution is -2.39. The van der Waals surface area contributed by atoms with E-state index in [0.717, 1.165) is 5.39 Å². The van der Waals surface area contributed by atoms with Gasteiger partial charge in [0.05, 0.1) is 11.4 Å². The number of hydrogen-bond acceptors (Lipinski definition) is 8. The third-order valence-corrected chi connectivity index (χ3v) is 8.06. The molecule has 4 N–H and O–H groups in total. The van der Waals surface area contributed by atoms with Gasteiger partial charge in [0, 0.05) is 18.1 Å². The van der Waals surface area contributed by atoms with Gasteiger partial charge >= 0.3 is 0 Å². The monoisotopic (exact) mass is 566 g/mol. The molecule has 3 aromatic rings. The maximum atomic E-state index is 13.1. The van der Waals surface area contributed by atoms with Crippen LogP contribution in [0.4, 0.5) is 0 Å². The molecule has 3 amide bonds. The number of carbonyl (C=O) groups is 3. The molecular formula is C28H30N4O7S. The van der Waals surface area contributed by atoms with E-state index in [4.69, 9.17) is 9.94 Å². The topological polar surface area (TPSA) is 164 Å². The molecule has 11 nitrogen and oxygen atoms in total. The van der Waals surface area contributed by atoms with Gasteiger partial charge in [-0.2, -0.15) is 0 Å². The van der Waals surface area contributed by atoms with Crippen LogP contribution in [0.3, 0.4) is 0 Å². The highest BCUT2D eigenvalue weighted by molar-refractivity contribution is 7.92. The smallest absolute Gasteiger partial charge is 0.270 e. The first-order valence-corrected chi connectivity index (χ1v) is 14.0. The van der Waals surface area contributed by atoms with Gasteiger partial charge in [-0.15, -0.1) is 5.92 Å². The number of hydroxylamine groups is 1. The molecule has 0 saturated heterocycles. The third kappa shape index (κ3) is 8.02. The maximum absolute atomic E-state index is 13.1. The van der Waals surface area contributed by atoms with Gasteiger partial charge < -0.3 is 15.4 Å². The molecule has 1 aromatic heterocycles. The number of nitrogens with one attached hydrogen (secondary N) is 3. The van der Waals surface area contributed by atoms with Crippen molar-refractivity contribution in [1.82, 2.24) is 21.1 Å². The van der Waals surface area contributed by atoms with Gasteiger partial charge in [0.2, 0.25) is 5.91 Å². The van der Waals surface area contributed by atoms with Gasteiger partial charge in [-0.25, -0.2) is 13.9 Å². The van der Waals surface area contributed by atoms with Crippen LogP contribution in [0.5, 0.6) is 5.75 Å². The van der Waals surface area contributed by atoms with Crippen LogP contribution in [0.15, 0.2) is 65.7 Å². The van der Waals surface area contributed by atoms with Crippen molar-refractivity contribution in [3.05, 3.63) is 66.5 Å². The zero-order chi connectivity index (χ0) is 29.0. The van der Waals surface area contributed by atoms with Crippen molar-refractivity contribution < 1.29 is 32.7 Å². The normalized spacial score (nSPS) is 11.6. The van der Waals surface area contributed by atoms with E-state index >= 15 is 0 Å². The minimum absolute atomic E-state index is 0.0849. The van der Waals surface area contributed by atoms with E-state index in [1.54, 1.807) is 25.1 Å². The Morgan fingerprint density at radius 2 is 1.77 bits per heavy atom. The minimum atomic E-state index is -4.11. The van der Waals surface area contributed by atoms with Crippen molar-refractivity contribution in [3.8, 4) is 17.6 Å². The van der Waals surface area contributed by atoms with Crippen molar-refractivity contribution in [2.24, 2.45) is 0 Å². The largest absolute Gasteiger partial charge is 0.481 e. The summed E-state index contributed by atoms with van der Waals surface area (Å²) in [5.41, 5.74) is 1.64. The van der Waals surface area contributed by atoms with Crippen LogP contribution < -0.4 is 20.9 Å². The van der Waals surface area contributed by atoms with Crippen molar-refractivity contribution in [3.63, 3.8) is 0 Å². The van der Waals surface area contributed by atoms with Crippen molar-refractivity contribution in [2.75, 3.05) is 19.7 Å². The summed E-state index contributed by atoms with van der Waals surface area (Å²) in [6.45, 7) is 1.76. The number of fused-ring (bicyclic) bond motifs is 1. The molecule has 0 saturated carbocycles. The second-order valence-electron chi connectivity index (χ2n) is 8.61. The van der Waals surface area contributed by atoms with Crippen molar-refractivity contribution in [2.45, 2.75) is 36.3 Å². The molecule has 0 aliphatic rings. The standard InChI is InChI=1S/C28H30N4O7S/c1-2-3-18-39-21-11-13-22(14-12-21)40(37,38)24(27(34)32-36)10-6-7-16-29-25(33)19-31-28(35)26-23-9-5-4-8-20(23)15-17-30-26/h4-5,8-9,11-15,17,24,36H,6-7,10,16,18-19H2,1H3,(H,29,33)(H,31,35)(H,32,34). The van der Waals surface area contributed by atoms with E-state index in [9.17, 15) is 22.8 Å². The zero-order valence-corrected chi connectivity index (χ0v) is 22.7. The summed E-state index contributed by atoms with van der Waals surface area (Å²) >= 11 is 0. The fraction of sp³-hybridized carbons (Fsp3) is 0.286. The molecule has 40 heavy (non-hydrogen) atoms. The summed E-state index contributed by atoms with van der Waals surface area (Å²) < 4.78 is 31.5. The average Bonchev–Trinajstić information content (AvgIpc) is 2.97. The first-order chi connectivity index (χ1) is 19.3. The summed E-state index contributed by atoms with van der Waals surface area (Å²) in [4.78, 5) is 40.9. The second-order valence-corrected chi connectivity index (χ2v) is 10.7. The van der Waals surface area contributed by atoms with E-state index in [2.05, 4.69) is 27.5 Å². The van der Waals surface area contributed by atoms with Crippen molar-refractivity contribution in [1.29, 1.82) is 0 Å². The summed E-state index contributed by atoms with van der Waals surface area (Å²) in [7, 11) is -4.11. The molecular weight excluding hydrogens is 536 g/mol. The van der Waals surface area contributed by atoms with Gasteiger partial charge in [0.15, 0.2) is 9.84 Å². The highest BCUT2D eigenvalue weighted by Crippen LogP contribution is 2.23. The highest BCUT2D eigenvalue weighted by Gasteiger charge is 2.33. The van der Waals surface area contributed by atoms with Gasteiger partial charge in [-0.05, 0) is 61.9 Å². The molecule has 0 spiro atoms. The number of carbonyl (C=O) groups excluding carboxylic acids is 3. The van der Waals surface area contributed by atoms with Crippen LogP contribution in [0.1, 0.15) is 36.7 Å². The molecule has 1 atom stereocenters. The van der Waals surface area contributed by atoms with E-state index < -0.39 is 32.8 Å². The molecule has 0 fully saturated rings. The average molecular weight is 567 g/mol. The van der Waals surface area contributed by atoms with Gasteiger partial charge in [-0.1, -0.05) is 30.2 Å². The number of amides is 3. The fourth-order valence-corrected chi connectivity index (χ4v) is 5.53. The molecule has 0 bridgehead atoms. The SMILES string of the molecule is CC#CCOc1ccc(S(=O)(=O)C(CCCCNC(=O)CNC(=O)c2nccc3ccccc23)C(=O)NO)cc1. The molecule has 210 valence electrons. The van der Waals surface area contributed by atoms with Crippen molar-refractivity contribution >= 4 is 38.3 Å². The molecule has 1 heterocycles. The van der Waals surface area contributed by atoms with Gasteiger partial charge in [0.25, 0.3) is 11.8 Å². The number of aromatic nitrogens is 1. The first-order valence-electron chi connectivity index (χ1n) is 12.5. The van der Waals surface area contributed by atoms with Crippen LogP contribution in [-0.2, 0) is 19.4 Å². The lowest BCUT2D eigenvalue weighted by Gasteiger charge is -2.16. The molecule has 2 aromatic carbocycles. The number of benzene rings is 2. The van der Waals surface area contributed by atoms with Crippen LogP contribution in [0, 0.1) is 11.8 Å². The maximum Gasteiger partial charge on any atom is 0.270 e. The Kier molecular flexibility index (Phi) is 11.0. The number of rotatable bonds is 13. The Labute approximate surface area is 232 Å². The molecule has 0 aliphatic carbocycles. The molecule has 0 aliphatic heterocycles. The summed E-state index contributed by atoms with van der Waals surface area (Å²) in [6, 6.07) is 14.6. The Morgan fingerprint density at radius 1 is 1.02 bits per heavy atom. The van der Waals surface area contributed by atoms with Gasteiger partial charge in [0.1, 0.15) is 23.3 Å². The van der Waals surface area contributed by atoms with E-state index in [0.29, 0.717) is 17.6 Å². The van der Waals surface area contributed by atoms with Crippen LogP contribution in [-0.4, -0.2) is 61.3 Å². The van der Waals surface area contributed by atoms with E-state index in [-0.39, 0.29) is 43.1 Å². The molecule has 3 rings (SSSR count). The third-order valence-electron chi connectivity index (χ3n) is 5.93. The molecule has 0 radical (unpaired) electrons. The molecule has 12 heteroatoms. The van der Waals surface area contributed by atoms with E-state index in [1.165, 1.54) is 35.9 Å². The minimum Gasteiger partial charge on any atom is -0.481 e. The number of pyridine rings is 1. The Bertz CT molecular complexity index is 1510. The molecule has 1 unspecified atom stereocenters. The summed E-state index contributed by atoms with van der Waals surface area (Å²) in [5, 5.41) is 14.3. The number of ether oxygens (including phenoxy) is 1. The Morgan fingerprint density at radius 3 is 2.50 bits per heavy atom. The highest BCUT2D eigenvalue weighted by atomic mass is 32.2. The van der Waals surface area contributed by atoms with Crippen LogP contribution in [0.25, 0.3) is 10.8 Å². The van der Waals surface area contributed by atoms with Crippen LogP contribution >= 0.6 is 0 Å². The van der Waals surface area contributed by atoms with Crippen LogP contribution in [0.2, 0.25) is 0 Å². The van der Waals surface area contributed by atoms with Gasteiger partial charge in [-0.3, -0.25) is 24.6 Å². The predicted molar refractivity (Wildman–Crippen MR) is 147 cm³/mol. The number of sulfone groups is 1. The Hall–Kier alpha value is -4.47. The summed E-state index contributed by atoms with van der Waals surface area (Å²) in [5.74, 6) is 3.87. The second kappa shape index (κ2) is 14.6.